The Kier molecular flexibility index (Phi) is 14.8. The molecule has 0 unspecified atom stereocenters. The van der Waals surface area contributed by atoms with Crippen LogP contribution in [0.3, 0.4) is 0 Å². The number of rotatable bonds is 9. The molecule has 0 bridgehead atoms. The normalized spacial score (nSPS) is 23.9. The third-order valence-corrected chi connectivity index (χ3v) is 9.73. The molecule has 1 heterocycles. The fraction of sp³-hybridized carbons (Fsp3) is 0.415. The minimum absolute atomic E-state index is 0.000642. The standard InChI is InChI=1S/C41H52N6O8/c1-6-24(4)35-41(55)45-32(20-26-10-8-7-9-11-26)38(52)43-31(21-27-12-16-29(48)17-13-27)37(51)44-33(22-28-14-18-30(49)19-15-28)39(53)46-34(23(2)3)40(54)42-25(5)36(50)47-35/h7-19,23-25,31-35,48-49H,6,20-22H2,1-5H3,(H,42,54)(H,43,52)(H,44,51)(H,45,55)(H,46,53)(H,47,50)/t24-,25-,31-,32-,33-,34-,35-/m0/s1. The lowest BCUT2D eigenvalue weighted by molar-refractivity contribution is -0.137. The molecule has 0 aliphatic carbocycles. The third-order valence-electron chi connectivity index (χ3n) is 9.73. The molecule has 7 atom stereocenters. The summed E-state index contributed by atoms with van der Waals surface area (Å²) < 4.78 is 0. The molecule has 3 aromatic rings. The molecule has 294 valence electrons. The van der Waals surface area contributed by atoms with Crippen LogP contribution >= 0.6 is 0 Å². The van der Waals surface area contributed by atoms with E-state index in [4.69, 9.17) is 0 Å². The zero-order valence-corrected chi connectivity index (χ0v) is 31.8. The summed E-state index contributed by atoms with van der Waals surface area (Å²) in [6.45, 7) is 8.53. The molecule has 3 aromatic carbocycles. The molecule has 1 aliphatic heterocycles. The molecule has 14 nitrogen and oxygen atoms in total. The highest BCUT2D eigenvalue weighted by Gasteiger charge is 2.36. The number of benzene rings is 3. The second kappa shape index (κ2) is 19.4. The van der Waals surface area contributed by atoms with E-state index in [1.54, 1.807) is 69.3 Å². The summed E-state index contributed by atoms with van der Waals surface area (Å²) in [5.41, 5.74) is 1.88. The van der Waals surface area contributed by atoms with Crippen LogP contribution in [0.25, 0.3) is 0 Å². The van der Waals surface area contributed by atoms with E-state index in [2.05, 4.69) is 31.9 Å². The number of amides is 6. The van der Waals surface area contributed by atoms with E-state index in [0.717, 1.165) is 5.56 Å². The van der Waals surface area contributed by atoms with Crippen LogP contribution in [-0.4, -0.2) is 81.9 Å². The summed E-state index contributed by atoms with van der Waals surface area (Å²) in [5.74, 6) is -4.85. The van der Waals surface area contributed by atoms with E-state index >= 15 is 0 Å². The van der Waals surface area contributed by atoms with Gasteiger partial charge >= 0.3 is 0 Å². The number of phenols is 2. The Balaban J connectivity index is 1.80. The van der Waals surface area contributed by atoms with Crippen LogP contribution < -0.4 is 31.9 Å². The van der Waals surface area contributed by atoms with Gasteiger partial charge in [-0.1, -0.05) is 88.7 Å². The quantitative estimate of drug-likeness (QED) is 0.161. The lowest BCUT2D eigenvalue weighted by Gasteiger charge is -2.30. The molecule has 55 heavy (non-hydrogen) atoms. The first-order valence-electron chi connectivity index (χ1n) is 18.6. The molecule has 1 aliphatic rings. The maximum absolute atomic E-state index is 14.3. The van der Waals surface area contributed by atoms with Crippen LogP contribution in [0.4, 0.5) is 0 Å². The zero-order valence-electron chi connectivity index (χ0n) is 31.8. The first-order chi connectivity index (χ1) is 26.1. The van der Waals surface area contributed by atoms with E-state index in [1.807, 2.05) is 13.0 Å². The van der Waals surface area contributed by atoms with Crippen LogP contribution in [0.1, 0.15) is 57.7 Å². The van der Waals surface area contributed by atoms with E-state index < -0.39 is 77.6 Å². The highest BCUT2D eigenvalue weighted by atomic mass is 16.3. The van der Waals surface area contributed by atoms with Crippen LogP contribution in [0.2, 0.25) is 0 Å². The smallest absolute Gasteiger partial charge is 0.243 e. The van der Waals surface area contributed by atoms with Gasteiger partial charge in [0.1, 0.15) is 47.8 Å². The van der Waals surface area contributed by atoms with Crippen molar-refractivity contribution in [3.05, 3.63) is 95.6 Å². The Labute approximate surface area is 321 Å². The average Bonchev–Trinajstić information content (AvgIpc) is 3.15. The van der Waals surface area contributed by atoms with Crippen molar-refractivity contribution in [2.45, 2.75) is 96.6 Å². The number of aromatic hydroxyl groups is 2. The van der Waals surface area contributed by atoms with Gasteiger partial charge in [-0.2, -0.15) is 0 Å². The molecular weight excluding hydrogens is 704 g/mol. The van der Waals surface area contributed by atoms with Gasteiger partial charge in [-0.25, -0.2) is 0 Å². The van der Waals surface area contributed by atoms with E-state index in [0.29, 0.717) is 17.5 Å². The van der Waals surface area contributed by atoms with Gasteiger partial charge in [0.2, 0.25) is 35.4 Å². The van der Waals surface area contributed by atoms with Crippen molar-refractivity contribution in [1.82, 2.24) is 31.9 Å². The number of hydrogen-bond acceptors (Lipinski definition) is 8. The second-order valence-electron chi connectivity index (χ2n) is 14.4. The number of phenolic OH excluding ortho intramolecular Hbond substituents is 2. The Hall–Kier alpha value is -5.92. The highest BCUT2D eigenvalue weighted by Crippen LogP contribution is 2.16. The van der Waals surface area contributed by atoms with Gasteiger partial charge in [0.15, 0.2) is 0 Å². The van der Waals surface area contributed by atoms with Crippen molar-refractivity contribution >= 4 is 35.4 Å². The predicted molar refractivity (Wildman–Crippen MR) is 205 cm³/mol. The van der Waals surface area contributed by atoms with E-state index in [-0.39, 0.29) is 36.7 Å². The number of nitrogens with one attached hydrogen (secondary N) is 6. The molecule has 4 rings (SSSR count). The summed E-state index contributed by atoms with van der Waals surface area (Å²) in [5, 5.41) is 36.3. The van der Waals surface area contributed by atoms with Crippen molar-refractivity contribution in [2.24, 2.45) is 11.8 Å². The zero-order chi connectivity index (χ0) is 40.2. The minimum Gasteiger partial charge on any atom is -0.508 e. The highest BCUT2D eigenvalue weighted by molar-refractivity contribution is 5.98. The number of carbonyl (C=O) groups excluding carboxylic acids is 6. The third kappa shape index (κ3) is 12.0. The summed E-state index contributed by atoms with van der Waals surface area (Å²) in [7, 11) is 0. The van der Waals surface area contributed by atoms with Gasteiger partial charge in [-0.05, 0) is 59.7 Å². The molecular formula is C41H52N6O8. The maximum atomic E-state index is 14.3. The molecule has 8 N–H and O–H groups in total. The topological polar surface area (TPSA) is 215 Å². The van der Waals surface area contributed by atoms with Gasteiger partial charge in [0.25, 0.3) is 0 Å². The minimum atomic E-state index is -1.28. The first-order valence-corrected chi connectivity index (χ1v) is 18.6. The fourth-order valence-corrected chi connectivity index (χ4v) is 6.16. The van der Waals surface area contributed by atoms with E-state index in [1.165, 1.54) is 31.2 Å². The monoisotopic (exact) mass is 756 g/mol. The molecule has 0 aromatic heterocycles. The van der Waals surface area contributed by atoms with Gasteiger partial charge in [-0.15, -0.1) is 0 Å². The van der Waals surface area contributed by atoms with Gasteiger partial charge in [0, 0.05) is 19.3 Å². The molecule has 0 saturated carbocycles. The Morgan fingerprint density at radius 1 is 0.491 bits per heavy atom. The van der Waals surface area contributed by atoms with E-state index in [9.17, 15) is 39.0 Å². The summed E-state index contributed by atoms with van der Waals surface area (Å²) in [4.78, 5) is 83.7. The average molecular weight is 757 g/mol. The van der Waals surface area contributed by atoms with Crippen molar-refractivity contribution < 1.29 is 39.0 Å². The SMILES string of the molecule is CC[C@H](C)[C@@H]1NC(=O)[C@H](C)NC(=O)[C@H](C(C)C)NC(=O)[C@H](Cc2ccc(O)cc2)NC(=O)[C@H](Cc2ccc(O)cc2)NC(=O)[C@H](Cc2ccccc2)NC1=O. The molecule has 14 heteroatoms. The largest absolute Gasteiger partial charge is 0.508 e. The lowest BCUT2D eigenvalue weighted by Crippen LogP contribution is -2.63. The molecule has 1 fully saturated rings. The van der Waals surface area contributed by atoms with Crippen LogP contribution in [0, 0.1) is 11.8 Å². The summed E-state index contributed by atoms with van der Waals surface area (Å²) >= 11 is 0. The molecule has 1 saturated heterocycles. The van der Waals surface area contributed by atoms with Gasteiger partial charge in [0.05, 0.1) is 0 Å². The number of carbonyl (C=O) groups is 6. The van der Waals surface area contributed by atoms with Crippen molar-refractivity contribution in [1.29, 1.82) is 0 Å². The lowest BCUT2D eigenvalue weighted by atomic mass is 9.96. The molecule has 0 spiro atoms. The van der Waals surface area contributed by atoms with Gasteiger partial charge in [-0.3, -0.25) is 28.8 Å². The Morgan fingerprint density at radius 3 is 1.31 bits per heavy atom. The van der Waals surface area contributed by atoms with Crippen LogP contribution in [0.15, 0.2) is 78.9 Å². The van der Waals surface area contributed by atoms with Crippen molar-refractivity contribution in [3.8, 4) is 11.5 Å². The number of hydrogen-bond donors (Lipinski definition) is 8. The predicted octanol–water partition coefficient (Wildman–Crippen LogP) is 1.77. The Bertz CT molecular complexity index is 1800. The van der Waals surface area contributed by atoms with Crippen LogP contribution in [-0.2, 0) is 48.0 Å². The Morgan fingerprint density at radius 2 is 0.873 bits per heavy atom. The molecule has 0 radical (unpaired) electrons. The summed E-state index contributed by atoms with van der Waals surface area (Å²) in [6, 6.07) is 14.0. The first kappa shape index (κ1) is 41.8. The maximum Gasteiger partial charge on any atom is 0.243 e. The van der Waals surface area contributed by atoms with Crippen LogP contribution in [0.5, 0.6) is 11.5 Å². The fourth-order valence-electron chi connectivity index (χ4n) is 6.16. The molecule has 6 amide bonds. The van der Waals surface area contributed by atoms with Gasteiger partial charge < -0.3 is 42.1 Å². The second-order valence-corrected chi connectivity index (χ2v) is 14.4. The summed E-state index contributed by atoms with van der Waals surface area (Å²) in [6.07, 6.45) is 0.433. The van der Waals surface area contributed by atoms with Crippen molar-refractivity contribution in [2.75, 3.05) is 0 Å². The van der Waals surface area contributed by atoms with Crippen molar-refractivity contribution in [3.63, 3.8) is 0 Å².